The summed E-state index contributed by atoms with van der Waals surface area (Å²) in [7, 11) is 0. The van der Waals surface area contributed by atoms with Crippen LogP contribution in [0.2, 0.25) is 5.02 Å². The second-order valence-electron chi connectivity index (χ2n) is 8.45. The van der Waals surface area contributed by atoms with Crippen molar-refractivity contribution in [1.82, 2.24) is 0 Å². The second-order valence-corrected chi connectivity index (χ2v) is 8.89. The van der Waals surface area contributed by atoms with E-state index in [1.165, 1.54) is 0 Å². The number of hydrazone groups is 1. The van der Waals surface area contributed by atoms with Crippen LogP contribution in [-0.4, -0.2) is 22.8 Å². The number of halogens is 1. The molecule has 2 aliphatic rings. The lowest BCUT2D eigenvalue weighted by Gasteiger charge is -2.36. The molecule has 4 aromatic rings. The van der Waals surface area contributed by atoms with Crippen LogP contribution in [0.1, 0.15) is 37.8 Å². The van der Waals surface area contributed by atoms with E-state index in [2.05, 4.69) is 0 Å². The topological polar surface area (TPSA) is 49.7 Å². The van der Waals surface area contributed by atoms with E-state index in [9.17, 15) is 9.59 Å². The fourth-order valence-corrected chi connectivity index (χ4v) is 5.26. The summed E-state index contributed by atoms with van der Waals surface area (Å²) in [6.07, 6.45) is 0. The summed E-state index contributed by atoms with van der Waals surface area (Å²) >= 11 is 6.20. The molecule has 0 unspecified atom stereocenters. The average molecular weight is 463 g/mol. The Morgan fingerprint density at radius 3 is 1.79 bits per heavy atom. The SMILES string of the molecule is O=C1c2ccccc2C(=O)C12[C@H](c1ccc(Cl)cc1)C(c1ccccc1)=NN2c1ccccc1. The molecule has 0 bridgehead atoms. The number of ketones is 2. The van der Waals surface area contributed by atoms with Crippen molar-refractivity contribution in [2.45, 2.75) is 11.5 Å². The maximum Gasteiger partial charge on any atom is 0.201 e. The number of hydrogen-bond acceptors (Lipinski definition) is 4. The molecule has 0 saturated heterocycles. The summed E-state index contributed by atoms with van der Waals surface area (Å²) in [5.74, 6) is -1.11. The number of carbonyl (C=O) groups is 2. The van der Waals surface area contributed by atoms with Crippen LogP contribution in [0.25, 0.3) is 0 Å². The number of para-hydroxylation sites is 1. The summed E-state index contributed by atoms with van der Waals surface area (Å²) in [4.78, 5) is 28.6. The molecular weight excluding hydrogens is 444 g/mol. The van der Waals surface area contributed by atoms with Crippen molar-refractivity contribution >= 4 is 34.6 Å². The summed E-state index contributed by atoms with van der Waals surface area (Å²) in [6.45, 7) is 0. The number of anilines is 1. The molecule has 1 heterocycles. The Morgan fingerprint density at radius 2 is 1.21 bits per heavy atom. The number of carbonyl (C=O) groups excluding carboxylic acids is 2. The van der Waals surface area contributed by atoms with E-state index >= 15 is 0 Å². The third-order valence-electron chi connectivity index (χ3n) is 6.62. The first-order chi connectivity index (χ1) is 16.6. The Morgan fingerprint density at radius 1 is 0.676 bits per heavy atom. The maximum atomic E-state index is 14.3. The molecule has 1 spiro atoms. The highest BCUT2D eigenvalue weighted by atomic mass is 35.5. The number of Topliss-reactive ketones (excluding diaryl/α,β-unsaturated/α-hetero) is 2. The van der Waals surface area contributed by atoms with Gasteiger partial charge in [0, 0.05) is 16.1 Å². The standard InChI is InChI=1S/C29H19ClN2O2/c30-21-17-15-19(16-18-21)25-26(20-9-3-1-4-10-20)31-32(22-11-5-2-6-12-22)29(25)27(33)23-13-7-8-14-24(23)28(29)34/h1-18,25H/t25-/m1/s1. The number of hydrogen-bond donors (Lipinski definition) is 0. The highest BCUT2D eigenvalue weighted by Gasteiger charge is 2.66. The van der Waals surface area contributed by atoms with Gasteiger partial charge >= 0.3 is 0 Å². The first-order valence-corrected chi connectivity index (χ1v) is 11.4. The van der Waals surface area contributed by atoms with Gasteiger partial charge in [0.05, 0.1) is 17.3 Å². The normalized spacial score (nSPS) is 18.3. The molecule has 4 aromatic carbocycles. The monoisotopic (exact) mass is 462 g/mol. The fourth-order valence-electron chi connectivity index (χ4n) is 5.13. The van der Waals surface area contributed by atoms with Crippen LogP contribution in [0.5, 0.6) is 0 Å². The lowest BCUT2D eigenvalue weighted by atomic mass is 9.72. The Balaban J connectivity index is 1.68. The molecule has 164 valence electrons. The zero-order chi connectivity index (χ0) is 23.3. The highest BCUT2D eigenvalue weighted by molar-refractivity contribution is 6.39. The van der Waals surface area contributed by atoms with Crippen LogP contribution in [0, 0.1) is 0 Å². The molecule has 1 aliphatic carbocycles. The number of rotatable bonds is 3. The minimum Gasteiger partial charge on any atom is -0.291 e. The molecule has 0 fully saturated rings. The van der Waals surface area contributed by atoms with Crippen molar-refractivity contribution < 1.29 is 9.59 Å². The third-order valence-corrected chi connectivity index (χ3v) is 6.87. The molecule has 0 saturated carbocycles. The van der Waals surface area contributed by atoms with E-state index in [1.54, 1.807) is 41.4 Å². The van der Waals surface area contributed by atoms with Crippen LogP contribution < -0.4 is 5.01 Å². The van der Waals surface area contributed by atoms with E-state index < -0.39 is 11.5 Å². The van der Waals surface area contributed by atoms with Crippen molar-refractivity contribution in [1.29, 1.82) is 0 Å². The van der Waals surface area contributed by atoms with Crippen molar-refractivity contribution in [3.8, 4) is 0 Å². The zero-order valence-electron chi connectivity index (χ0n) is 18.1. The van der Waals surface area contributed by atoms with Gasteiger partial charge in [0.2, 0.25) is 5.54 Å². The van der Waals surface area contributed by atoms with Crippen LogP contribution >= 0.6 is 11.6 Å². The van der Waals surface area contributed by atoms with E-state index in [0.29, 0.717) is 27.5 Å². The summed E-state index contributed by atoms with van der Waals surface area (Å²) in [5, 5.41) is 7.23. The number of benzene rings is 4. The summed E-state index contributed by atoms with van der Waals surface area (Å²) < 4.78 is 0. The van der Waals surface area contributed by atoms with E-state index in [0.717, 1.165) is 11.1 Å². The van der Waals surface area contributed by atoms with Gasteiger partial charge in [-0.2, -0.15) is 5.10 Å². The van der Waals surface area contributed by atoms with Gasteiger partial charge in [-0.25, -0.2) is 5.01 Å². The smallest absolute Gasteiger partial charge is 0.201 e. The molecule has 0 N–H and O–H groups in total. The maximum absolute atomic E-state index is 14.3. The molecule has 5 heteroatoms. The molecule has 1 atom stereocenters. The first-order valence-electron chi connectivity index (χ1n) is 11.1. The van der Waals surface area contributed by atoms with Gasteiger partial charge in [0.1, 0.15) is 0 Å². The molecule has 4 nitrogen and oxygen atoms in total. The Labute approximate surface area is 202 Å². The van der Waals surface area contributed by atoms with Crippen LogP contribution in [0.4, 0.5) is 5.69 Å². The van der Waals surface area contributed by atoms with E-state index in [4.69, 9.17) is 16.7 Å². The third kappa shape index (κ3) is 2.82. The molecule has 34 heavy (non-hydrogen) atoms. The molecular formula is C29H19ClN2O2. The van der Waals surface area contributed by atoms with Crippen LogP contribution in [-0.2, 0) is 0 Å². The molecule has 6 rings (SSSR count). The minimum absolute atomic E-state index is 0.244. The van der Waals surface area contributed by atoms with E-state index in [1.807, 2.05) is 72.8 Å². The molecule has 0 amide bonds. The molecule has 1 aliphatic heterocycles. The van der Waals surface area contributed by atoms with Crippen molar-refractivity contribution in [2.24, 2.45) is 5.10 Å². The minimum atomic E-state index is -1.57. The molecule has 0 radical (unpaired) electrons. The quantitative estimate of drug-likeness (QED) is 0.342. The lowest BCUT2D eigenvalue weighted by molar-refractivity contribution is 0.0791. The van der Waals surface area contributed by atoms with Gasteiger partial charge in [-0.05, 0) is 35.4 Å². The zero-order valence-corrected chi connectivity index (χ0v) is 18.8. The van der Waals surface area contributed by atoms with Gasteiger partial charge in [0.15, 0.2) is 11.6 Å². The Hall–Kier alpha value is -4.02. The van der Waals surface area contributed by atoms with Gasteiger partial charge in [0.25, 0.3) is 0 Å². The van der Waals surface area contributed by atoms with Crippen LogP contribution in [0.3, 0.4) is 0 Å². The number of fused-ring (bicyclic) bond motifs is 1. The predicted octanol–water partition coefficient (Wildman–Crippen LogP) is 6.17. The van der Waals surface area contributed by atoms with Crippen molar-refractivity contribution in [3.05, 3.63) is 136 Å². The molecule has 0 aromatic heterocycles. The van der Waals surface area contributed by atoms with Crippen molar-refractivity contribution in [3.63, 3.8) is 0 Å². The Kier molecular flexibility index (Phi) is 4.71. The number of nitrogens with zero attached hydrogens (tertiary/aromatic N) is 2. The van der Waals surface area contributed by atoms with Crippen LogP contribution in [0.15, 0.2) is 114 Å². The lowest BCUT2D eigenvalue weighted by Crippen LogP contribution is -2.57. The fraction of sp³-hybridized carbons (Fsp3) is 0.0690. The van der Waals surface area contributed by atoms with Crippen molar-refractivity contribution in [2.75, 3.05) is 5.01 Å². The second kappa shape index (κ2) is 7.79. The van der Waals surface area contributed by atoms with Gasteiger partial charge in [-0.3, -0.25) is 9.59 Å². The van der Waals surface area contributed by atoms with Gasteiger partial charge in [-0.15, -0.1) is 0 Å². The summed E-state index contributed by atoms with van der Waals surface area (Å²) in [5.41, 5.74) is 2.30. The predicted molar refractivity (Wildman–Crippen MR) is 134 cm³/mol. The van der Waals surface area contributed by atoms with E-state index in [-0.39, 0.29) is 11.6 Å². The van der Waals surface area contributed by atoms with Gasteiger partial charge < -0.3 is 0 Å². The largest absolute Gasteiger partial charge is 0.291 e. The average Bonchev–Trinajstić information content (AvgIpc) is 3.36. The Bertz CT molecular complexity index is 1410. The highest BCUT2D eigenvalue weighted by Crippen LogP contribution is 2.51. The first kappa shape index (κ1) is 20.6. The van der Waals surface area contributed by atoms with Gasteiger partial charge in [-0.1, -0.05) is 96.5 Å². The summed E-state index contributed by atoms with van der Waals surface area (Å²) in [6, 6.07) is 33.5.